The first-order valence-corrected chi connectivity index (χ1v) is 11.5. The van der Waals surface area contributed by atoms with Gasteiger partial charge in [-0.15, -0.1) is 0 Å². The first kappa shape index (κ1) is 23.1. The van der Waals surface area contributed by atoms with Crippen molar-refractivity contribution in [2.24, 2.45) is 0 Å². The summed E-state index contributed by atoms with van der Waals surface area (Å²) >= 11 is 0. The molecule has 2 aliphatic rings. The number of carbonyl (C=O) groups excluding carboxylic acids is 1. The van der Waals surface area contributed by atoms with E-state index in [4.69, 9.17) is 9.47 Å². The third-order valence-corrected chi connectivity index (χ3v) is 6.81. The molecule has 190 valence electrons. The van der Waals surface area contributed by atoms with Gasteiger partial charge in [0.25, 0.3) is 0 Å². The summed E-state index contributed by atoms with van der Waals surface area (Å²) in [6.45, 7) is 0.149. The van der Waals surface area contributed by atoms with Crippen LogP contribution in [0.3, 0.4) is 0 Å². The summed E-state index contributed by atoms with van der Waals surface area (Å²) in [5, 5.41) is 13.9. The van der Waals surface area contributed by atoms with Crippen molar-refractivity contribution in [3.05, 3.63) is 59.5 Å². The molecule has 1 aliphatic carbocycles. The normalized spacial score (nSPS) is 20.1. The number of nitrogens with zero attached hydrogens (tertiary/aromatic N) is 3. The fourth-order valence-corrected chi connectivity index (χ4v) is 4.97. The van der Waals surface area contributed by atoms with Crippen molar-refractivity contribution in [3.8, 4) is 11.5 Å². The molecule has 9 nitrogen and oxygen atoms in total. The summed E-state index contributed by atoms with van der Waals surface area (Å²) in [4.78, 5) is 21.1. The van der Waals surface area contributed by atoms with Crippen LogP contribution in [-0.2, 0) is 10.2 Å². The largest absolute Gasteiger partial charge is 0.497 e. The van der Waals surface area contributed by atoms with Crippen LogP contribution in [-0.4, -0.2) is 46.0 Å². The quantitative estimate of drug-likeness (QED) is 0.344. The first-order chi connectivity index (χ1) is 17.7. The number of benzene rings is 2. The summed E-state index contributed by atoms with van der Waals surface area (Å²) in [5.74, 6) is 1.31. The number of methoxy groups -OCH3 is 1. The molecular formula is C25H21F3N6O3. The molecule has 2 aromatic heterocycles. The zero-order chi connectivity index (χ0) is 25.9. The highest BCUT2D eigenvalue weighted by Gasteiger charge is 2.65. The molecule has 2 atom stereocenters. The molecule has 1 aliphatic heterocycles. The second kappa shape index (κ2) is 8.08. The van der Waals surface area contributed by atoms with E-state index in [2.05, 4.69) is 30.8 Å². The number of amides is 1. The van der Waals surface area contributed by atoms with E-state index in [0.717, 1.165) is 16.8 Å². The Kier molecular flexibility index (Phi) is 5.04. The van der Waals surface area contributed by atoms with E-state index in [9.17, 15) is 18.0 Å². The van der Waals surface area contributed by atoms with Crippen LogP contribution in [0.15, 0.2) is 42.6 Å². The smallest absolute Gasteiger partial charge is 0.422 e. The van der Waals surface area contributed by atoms with Crippen molar-refractivity contribution in [2.45, 2.75) is 30.9 Å². The molecule has 1 amide bonds. The molecule has 4 aromatic rings. The number of rotatable bonds is 6. The summed E-state index contributed by atoms with van der Waals surface area (Å²) in [7, 11) is 1.59. The first-order valence-electron chi connectivity index (χ1n) is 11.5. The topological polar surface area (TPSA) is 114 Å². The highest BCUT2D eigenvalue weighted by Crippen LogP contribution is 2.65. The standard InChI is InChI=1S/C25H21F3N6O3/c1-12-29-10-20(37-11-25(26,27)28)22(30-12)32-21-15-5-3-13(7-19(15)33-34-21)17-9-24(17)16-8-14(36-2)4-6-18(16)31-23(24)35/h3-8,10,17H,9,11H2,1-2H3,(H,31,35)(H2,29,30,32,33,34)/t17-,24-/m0/s1. The number of aromatic nitrogens is 4. The Balaban J connectivity index is 1.28. The maximum Gasteiger partial charge on any atom is 0.422 e. The molecule has 0 unspecified atom stereocenters. The van der Waals surface area contributed by atoms with Crippen molar-refractivity contribution in [2.75, 3.05) is 24.4 Å². The number of halogens is 3. The Morgan fingerprint density at radius 1 is 1.19 bits per heavy atom. The van der Waals surface area contributed by atoms with Gasteiger partial charge < -0.3 is 20.1 Å². The number of fused-ring (bicyclic) bond motifs is 3. The summed E-state index contributed by atoms with van der Waals surface area (Å²) in [6.07, 6.45) is -2.64. The fourth-order valence-electron chi connectivity index (χ4n) is 4.97. The van der Waals surface area contributed by atoms with Crippen molar-refractivity contribution in [1.29, 1.82) is 0 Å². The summed E-state index contributed by atoms with van der Waals surface area (Å²) < 4.78 is 48.2. The number of hydrogen-bond donors (Lipinski definition) is 3. The number of aromatic amines is 1. The highest BCUT2D eigenvalue weighted by molar-refractivity contribution is 6.10. The number of carbonyl (C=O) groups is 1. The minimum atomic E-state index is -4.50. The zero-order valence-corrected chi connectivity index (χ0v) is 19.7. The Morgan fingerprint density at radius 2 is 2.03 bits per heavy atom. The molecule has 0 radical (unpaired) electrons. The van der Waals surface area contributed by atoms with Crippen molar-refractivity contribution in [1.82, 2.24) is 20.2 Å². The molecule has 0 bridgehead atoms. The third-order valence-electron chi connectivity index (χ3n) is 6.81. The lowest BCUT2D eigenvalue weighted by molar-refractivity contribution is -0.153. The summed E-state index contributed by atoms with van der Waals surface area (Å²) in [6, 6.07) is 11.3. The lowest BCUT2D eigenvalue weighted by Gasteiger charge is -2.13. The van der Waals surface area contributed by atoms with Crippen molar-refractivity contribution < 1.29 is 27.4 Å². The number of aryl methyl sites for hydroxylation is 1. The van der Waals surface area contributed by atoms with Crippen LogP contribution >= 0.6 is 0 Å². The predicted molar refractivity (Wildman–Crippen MR) is 128 cm³/mol. The average molecular weight is 510 g/mol. The van der Waals surface area contributed by atoms with Crippen LogP contribution in [0.25, 0.3) is 10.9 Å². The van der Waals surface area contributed by atoms with Crippen LogP contribution in [0.1, 0.15) is 29.3 Å². The predicted octanol–water partition coefficient (Wildman–Crippen LogP) is 4.73. The van der Waals surface area contributed by atoms with E-state index < -0.39 is 18.2 Å². The van der Waals surface area contributed by atoms with Crippen molar-refractivity contribution in [3.63, 3.8) is 0 Å². The van der Waals surface area contributed by atoms with Crippen LogP contribution in [0.5, 0.6) is 11.5 Å². The monoisotopic (exact) mass is 510 g/mol. The molecule has 3 heterocycles. The maximum absolute atomic E-state index is 13.0. The average Bonchev–Trinajstić information content (AvgIpc) is 3.41. The molecule has 12 heteroatoms. The van der Waals surface area contributed by atoms with Gasteiger partial charge in [-0.2, -0.15) is 18.3 Å². The molecule has 1 spiro atoms. The van der Waals surface area contributed by atoms with Gasteiger partial charge in [0, 0.05) is 17.0 Å². The number of hydrogen-bond acceptors (Lipinski definition) is 7. The van der Waals surface area contributed by atoms with Gasteiger partial charge >= 0.3 is 6.18 Å². The van der Waals surface area contributed by atoms with Gasteiger partial charge in [-0.3, -0.25) is 9.89 Å². The second-order valence-electron chi connectivity index (χ2n) is 9.13. The fraction of sp³-hybridized carbons (Fsp3) is 0.280. The van der Waals surface area contributed by atoms with Crippen LogP contribution < -0.4 is 20.1 Å². The Morgan fingerprint density at radius 3 is 2.81 bits per heavy atom. The van der Waals surface area contributed by atoms with Crippen molar-refractivity contribution >= 4 is 34.1 Å². The SMILES string of the molecule is COc1ccc2c(c1)[C@]1(C[C@H]1c1ccc3c(Nc4nc(C)ncc4OCC(F)(F)F)n[nH]c3c1)C(=O)N2. The van der Waals surface area contributed by atoms with E-state index in [0.29, 0.717) is 34.7 Å². The lowest BCUT2D eigenvalue weighted by atomic mass is 9.91. The van der Waals surface area contributed by atoms with E-state index in [1.807, 2.05) is 36.4 Å². The molecule has 3 N–H and O–H groups in total. The molecule has 2 aromatic carbocycles. The maximum atomic E-state index is 13.0. The van der Waals surface area contributed by atoms with Crippen LogP contribution in [0, 0.1) is 6.92 Å². The van der Waals surface area contributed by atoms with E-state index >= 15 is 0 Å². The molecule has 1 fully saturated rings. The van der Waals surface area contributed by atoms with Crippen LogP contribution in [0.2, 0.25) is 0 Å². The Labute approximate surface area is 208 Å². The number of ether oxygens (including phenoxy) is 2. The van der Waals surface area contributed by atoms with Gasteiger partial charge in [-0.05, 0) is 54.8 Å². The van der Waals surface area contributed by atoms with Gasteiger partial charge in [0.15, 0.2) is 24.0 Å². The minimum absolute atomic E-state index is 0.0168. The summed E-state index contributed by atoms with van der Waals surface area (Å²) in [5.41, 5.74) is 2.77. The minimum Gasteiger partial charge on any atom is -0.497 e. The Bertz CT molecular complexity index is 1550. The number of alkyl halides is 3. The zero-order valence-electron chi connectivity index (χ0n) is 19.7. The molecule has 6 rings (SSSR count). The molecule has 1 saturated carbocycles. The van der Waals surface area contributed by atoms with E-state index in [1.54, 1.807) is 14.0 Å². The van der Waals surface area contributed by atoms with E-state index in [-0.39, 0.29) is 23.4 Å². The molecule has 37 heavy (non-hydrogen) atoms. The highest BCUT2D eigenvalue weighted by atomic mass is 19.4. The number of H-pyrrole nitrogens is 1. The molecule has 0 saturated heterocycles. The Hall–Kier alpha value is -4.35. The van der Waals surface area contributed by atoms with Gasteiger partial charge in [0.1, 0.15) is 11.6 Å². The van der Waals surface area contributed by atoms with Crippen LogP contribution in [0.4, 0.5) is 30.5 Å². The van der Waals surface area contributed by atoms with Gasteiger partial charge in [-0.25, -0.2) is 9.97 Å². The number of anilines is 3. The second-order valence-corrected chi connectivity index (χ2v) is 9.13. The molecular weight excluding hydrogens is 489 g/mol. The third kappa shape index (κ3) is 3.88. The van der Waals surface area contributed by atoms with E-state index in [1.165, 1.54) is 6.20 Å². The number of nitrogens with one attached hydrogen (secondary N) is 3. The van der Waals surface area contributed by atoms with Gasteiger partial charge in [0.05, 0.1) is 24.2 Å². The lowest BCUT2D eigenvalue weighted by Crippen LogP contribution is -2.21. The van der Waals surface area contributed by atoms with Gasteiger partial charge in [0.2, 0.25) is 5.91 Å². The van der Waals surface area contributed by atoms with Gasteiger partial charge in [-0.1, -0.05) is 6.07 Å².